The molecular formula is C14H20N2OS. The van der Waals surface area contributed by atoms with Crippen LogP contribution in [0.15, 0.2) is 24.3 Å². The minimum absolute atomic E-state index is 0.624. The lowest BCUT2D eigenvalue weighted by Crippen LogP contribution is -2.40. The summed E-state index contributed by atoms with van der Waals surface area (Å²) in [4.78, 5) is 2.29. The first-order valence-corrected chi connectivity index (χ1v) is 6.82. The maximum atomic E-state index is 5.43. The van der Waals surface area contributed by atoms with E-state index in [0.717, 1.165) is 24.0 Å². The van der Waals surface area contributed by atoms with E-state index in [9.17, 15) is 0 Å². The largest absolute Gasteiger partial charge is 0.497 e. The molecule has 0 aliphatic heterocycles. The molecule has 1 aliphatic carbocycles. The molecular weight excluding hydrogens is 244 g/mol. The molecule has 3 nitrogen and oxygen atoms in total. The van der Waals surface area contributed by atoms with Crippen LogP contribution in [0.2, 0.25) is 0 Å². The van der Waals surface area contributed by atoms with Gasteiger partial charge >= 0.3 is 0 Å². The third-order valence-corrected chi connectivity index (χ3v) is 3.47. The second kappa shape index (κ2) is 6.05. The van der Waals surface area contributed by atoms with E-state index < -0.39 is 0 Å². The van der Waals surface area contributed by atoms with Gasteiger partial charge in [-0.3, -0.25) is 0 Å². The van der Waals surface area contributed by atoms with E-state index in [1.165, 1.54) is 18.4 Å². The van der Waals surface area contributed by atoms with E-state index >= 15 is 0 Å². The van der Waals surface area contributed by atoms with E-state index in [1.807, 2.05) is 12.1 Å². The predicted octanol–water partition coefficient (Wildman–Crippen LogP) is 2.55. The molecule has 98 valence electrons. The molecule has 0 bridgehead atoms. The van der Waals surface area contributed by atoms with Gasteiger partial charge in [0.15, 0.2) is 5.11 Å². The minimum atomic E-state index is 0.624. The van der Waals surface area contributed by atoms with Crippen LogP contribution >= 0.6 is 12.2 Å². The van der Waals surface area contributed by atoms with Gasteiger partial charge in [0.2, 0.25) is 0 Å². The second-order valence-electron chi connectivity index (χ2n) is 4.54. The first kappa shape index (κ1) is 13.1. The monoisotopic (exact) mass is 264 g/mol. The van der Waals surface area contributed by atoms with Crippen LogP contribution in [0.1, 0.15) is 25.3 Å². The Morgan fingerprint density at radius 2 is 2.06 bits per heavy atom. The smallest absolute Gasteiger partial charge is 0.169 e. The third-order valence-electron chi connectivity index (χ3n) is 3.09. The Bertz CT molecular complexity index is 401. The zero-order valence-corrected chi connectivity index (χ0v) is 11.8. The number of methoxy groups -OCH3 is 1. The molecule has 2 rings (SSSR count). The van der Waals surface area contributed by atoms with Gasteiger partial charge in [-0.1, -0.05) is 12.1 Å². The Morgan fingerprint density at radius 1 is 1.39 bits per heavy atom. The Hall–Kier alpha value is -1.29. The van der Waals surface area contributed by atoms with Gasteiger partial charge in [-0.2, -0.15) is 0 Å². The van der Waals surface area contributed by atoms with Gasteiger partial charge in [0.25, 0.3) is 0 Å². The Kier molecular flexibility index (Phi) is 4.42. The number of hydrogen-bond donors (Lipinski definition) is 1. The number of thiocarbonyl (C=S) groups is 1. The topological polar surface area (TPSA) is 24.5 Å². The lowest BCUT2D eigenvalue weighted by Gasteiger charge is -2.25. The summed E-state index contributed by atoms with van der Waals surface area (Å²) in [5.41, 5.74) is 1.27. The molecule has 0 heterocycles. The van der Waals surface area contributed by atoms with Crippen LogP contribution in [0.25, 0.3) is 0 Å². The molecule has 0 unspecified atom stereocenters. The molecule has 0 aromatic heterocycles. The lowest BCUT2D eigenvalue weighted by molar-refractivity contribution is 0.395. The molecule has 1 aromatic rings. The molecule has 0 spiro atoms. The van der Waals surface area contributed by atoms with Gasteiger partial charge < -0.3 is 15.0 Å². The third kappa shape index (κ3) is 3.35. The van der Waals surface area contributed by atoms with Crippen LogP contribution in [-0.4, -0.2) is 29.7 Å². The maximum absolute atomic E-state index is 5.43. The van der Waals surface area contributed by atoms with Gasteiger partial charge in [0.1, 0.15) is 5.75 Å². The van der Waals surface area contributed by atoms with Crippen molar-refractivity contribution in [3.05, 3.63) is 29.8 Å². The molecule has 1 aromatic carbocycles. The van der Waals surface area contributed by atoms with Crippen LogP contribution in [0.4, 0.5) is 0 Å². The van der Waals surface area contributed by atoms with E-state index in [2.05, 4.69) is 29.3 Å². The normalized spacial score (nSPS) is 14.1. The molecule has 0 atom stereocenters. The van der Waals surface area contributed by atoms with Crippen molar-refractivity contribution in [2.75, 3.05) is 13.7 Å². The van der Waals surface area contributed by atoms with E-state index in [1.54, 1.807) is 7.11 Å². The fourth-order valence-corrected chi connectivity index (χ4v) is 2.29. The van der Waals surface area contributed by atoms with Gasteiger partial charge in [0.05, 0.1) is 7.11 Å². The quantitative estimate of drug-likeness (QED) is 0.826. The average Bonchev–Trinajstić information content (AvgIpc) is 3.21. The summed E-state index contributed by atoms with van der Waals surface area (Å²) < 4.78 is 5.17. The van der Waals surface area contributed by atoms with Gasteiger partial charge in [-0.15, -0.1) is 0 Å². The van der Waals surface area contributed by atoms with Gasteiger partial charge in [0, 0.05) is 19.1 Å². The highest BCUT2D eigenvalue weighted by Crippen LogP contribution is 2.28. The fraction of sp³-hybridized carbons (Fsp3) is 0.500. The lowest BCUT2D eigenvalue weighted by atomic mass is 10.2. The van der Waals surface area contributed by atoms with Gasteiger partial charge in [-0.05, 0) is 49.7 Å². The van der Waals surface area contributed by atoms with Crippen molar-refractivity contribution in [2.45, 2.75) is 32.4 Å². The average molecular weight is 264 g/mol. The minimum Gasteiger partial charge on any atom is -0.497 e. The SMILES string of the molecule is CCNC(=S)N(Cc1ccc(OC)cc1)C1CC1. The van der Waals surface area contributed by atoms with Crippen LogP contribution in [-0.2, 0) is 6.54 Å². The molecule has 18 heavy (non-hydrogen) atoms. The predicted molar refractivity (Wildman–Crippen MR) is 77.8 cm³/mol. The first-order chi connectivity index (χ1) is 8.74. The number of nitrogens with one attached hydrogen (secondary N) is 1. The van der Waals surface area contributed by atoms with Crippen molar-refractivity contribution < 1.29 is 4.74 Å². The van der Waals surface area contributed by atoms with Crippen LogP contribution < -0.4 is 10.1 Å². The highest BCUT2D eigenvalue weighted by Gasteiger charge is 2.30. The Balaban J connectivity index is 2.01. The molecule has 4 heteroatoms. The van der Waals surface area contributed by atoms with E-state index in [4.69, 9.17) is 17.0 Å². The number of benzene rings is 1. The highest BCUT2D eigenvalue weighted by molar-refractivity contribution is 7.80. The van der Waals surface area contributed by atoms with Crippen LogP contribution in [0.5, 0.6) is 5.75 Å². The van der Waals surface area contributed by atoms with Crippen molar-refractivity contribution >= 4 is 17.3 Å². The maximum Gasteiger partial charge on any atom is 0.169 e. The molecule has 1 N–H and O–H groups in total. The molecule has 0 amide bonds. The van der Waals surface area contributed by atoms with Crippen molar-refractivity contribution in [3.63, 3.8) is 0 Å². The summed E-state index contributed by atoms with van der Waals surface area (Å²) in [7, 11) is 1.69. The Labute approximate surface area is 114 Å². The number of hydrogen-bond acceptors (Lipinski definition) is 2. The highest BCUT2D eigenvalue weighted by atomic mass is 32.1. The Morgan fingerprint density at radius 3 is 2.56 bits per heavy atom. The summed E-state index contributed by atoms with van der Waals surface area (Å²) in [6, 6.07) is 8.82. The summed E-state index contributed by atoms with van der Waals surface area (Å²) in [5.74, 6) is 0.894. The summed E-state index contributed by atoms with van der Waals surface area (Å²) in [6.45, 7) is 3.83. The molecule has 1 saturated carbocycles. The van der Waals surface area contributed by atoms with Crippen molar-refractivity contribution in [3.8, 4) is 5.75 Å². The molecule has 0 saturated heterocycles. The summed E-state index contributed by atoms with van der Waals surface area (Å²) in [6.07, 6.45) is 2.50. The number of ether oxygens (including phenoxy) is 1. The molecule has 0 radical (unpaired) electrons. The fourth-order valence-electron chi connectivity index (χ4n) is 1.93. The summed E-state index contributed by atoms with van der Waals surface area (Å²) >= 11 is 5.43. The van der Waals surface area contributed by atoms with Crippen molar-refractivity contribution in [1.29, 1.82) is 0 Å². The first-order valence-electron chi connectivity index (χ1n) is 6.42. The van der Waals surface area contributed by atoms with E-state index in [0.29, 0.717) is 6.04 Å². The van der Waals surface area contributed by atoms with Crippen LogP contribution in [0, 0.1) is 0 Å². The van der Waals surface area contributed by atoms with Crippen molar-refractivity contribution in [1.82, 2.24) is 10.2 Å². The zero-order valence-electron chi connectivity index (χ0n) is 11.0. The van der Waals surface area contributed by atoms with Crippen molar-refractivity contribution in [2.24, 2.45) is 0 Å². The number of rotatable bonds is 5. The number of nitrogens with zero attached hydrogens (tertiary/aromatic N) is 1. The van der Waals surface area contributed by atoms with E-state index in [-0.39, 0.29) is 0 Å². The molecule has 1 aliphatic rings. The van der Waals surface area contributed by atoms with Gasteiger partial charge in [-0.25, -0.2) is 0 Å². The molecule has 1 fully saturated rings. The summed E-state index contributed by atoms with van der Waals surface area (Å²) in [5, 5.41) is 4.11. The van der Waals surface area contributed by atoms with Crippen LogP contribution in [0.3, 0.4) is 0 Å². The standard InChI is InChI=1S/C14H20N2OS/c1-3-15-14(18)16(12-6-7-12)10-11-4-8-13(17-2)9-5-11/h4-5,8-9,12H,3,6-7,10H2,1-2H3,(H,15,18). The second-order valence-corrected chi connectivity index (χ2v) is 4.93. The zero-order chi connectivity index (χ0) is 13.0.